The van der Waals surface area contributed by atoms with Crippen LogP contribution in [0.5, 0.6) is 0 Å². The highest BCUT2D eigenvalue weighted by Gasteiger charge is 2.25. The van der Waals surface area contributed by atoms with Crippen molar-refractivity contribution in [2.45, 2.75) is 25.9 Å². The van der Waals surface area contributed by atoms with E-state index in [0.717, 1.165) is 28.1 Å². The smallest absolute Gasteiger partial charge is 0.263 e. The molecule has 0 aromatic heterocycles. The summed E-state index contributed by atoms with van der Waals surface area (Å²) in [5.74, 6) is 0.0156. The van der Waals surface area contributed by atoms with Crippen LogP contribution in [0.2, 0.25) is 0 Å². The fourth-order valence-electron chi connectivity index (χ4n) is 2.68. The summed E-state index contributed by atoms with van der Waals surface area (Å²) in [5.41, 5.74) is 10.4. The molecule has 1 unspecified atom stereocenters. The molecule has 1 atom stereocenters. The lowest BCUT2D eigenvalue weighted by atomic mass is 9.93. The van der Waals surface area contributed by atoms with Crippen LogP contribution < -0.4 is 11.1 Å². The number of benzodiazepines with no additional fused rings is 1. The van der Waals surface area contributed by atoms with Crippen molar-refractivity contribution in [1.29, 1.82) is 0 Å². The molecule has 1 heterocycles. The van der Waals surface area contributed by atoms with Crippen LogP contribution in [0, 0.1) is 0 Å². The van der Waals surface area contributed by atoms with Crippen LogP contribution in [0.15, 0.2) is 53.5 Å². The van der Waals surface area contributed by atoms with Gasteiger partial charge in [0.25, 0.3) is 5.91 Å². The van der Waals surface area contributed by atoms with Crippen LogP contribution in [0.3, 0.4) is 0 Å². The zero-order chi connectivity index (χ0) is 15.7. The first-order valence-electron chi connectivity index (χ1n) is 7.41. The van der Waals surface area contributed by atoms with Crippen molar-refractivity contribution in [2.75, 3.05) is 5.32 Å². The molecule has 2 aromatic rings. The number of aliphatic imine (C=N–C) groups is 1. The molecule has 0 fully saturated rings. The minimum absolute atomic E-state index is 0.278. The summed E-state index contributed by atoms with van der Waals surface area (Å²) < 4.78 is 0. The summed E-state index contributed by atoms with van der Waals surface area (Å²) in [4.78, 5) is 16.6. The number of fused-ring (bicyclic) bond motifs is 1. The Bertz CT molecular complexity index is 735. The van der Waals surface area contributed by atoms with E-state index in [0.29, 0.717) is 5.92 Å². The molecule has 0 radical (unpaired) electrons. The quantitative estimate of drug-likeness (QED) is 0.894. The third kappa shape index (κ3) is 2.53. The number of nitrogens with one attached hydrogen (secondary N) is 1. The molecule has 0 spiro atoms. The van der Waals surface area contributed by atoms with E-state index >= 15 is 0 Å². The van der Waals surface area contributed by atoms with Gasteiger partial charge < -0.3 is 11.1 Å². The minimum Gasteiger partial charge on any atom is -0.322 e. The second kappa shape index (κ2) is 5.73. The topological polar surface area (TPSA) is 67.5 Å². The molecule has 1 aliphatic rings. The normalized spacial score (nSPS) is 17.5. The number of para-hydroxylation sites is 1. The van der Waals surface area contributed by atoms with Gasteiger partial charge in [0.05, 0.1) is 11.4 Å². The van der Waals surface area contributed by atoms with Crippen LogP contribution in [0.4, 0.5) is 5.69 Å². The Morgan fingerprint density at radius 1 is 1.09 bits per heavy atom. The van der Waals surface area contributed by atoms with Crippen LogP contribution in [0.25, 0.3) is 0 Å². The molecule has 3 N–H and O–H groups in total. The maximum absolute atomic E-state index is 12.2. The molecule has 3 rings (SSSR count). The molecular formula is C18H19N3O. The molecule has 4 nitrogen and oxygen atoms in total. The van der Waals surface area contributed by atoms with Crippen molar-refractivity contribution >= 4 is 17.3 Å². The molecule has 112 valence electrons. The van der Waals surface area contributed by atoms with E-state index in [9.17, 15) is 4.79 Å². The third-order valence-corrected chi connectivity index (χ3v) is 3.81. The van der Waals surface area contributed by atoms with Crippen molar-refractivity contribution in [3.8, 4) is 0 Å². The van der Waals surface area contributed by atoms with Crippen molar-refractivity contribution in [3.05, 3.63) is 65.2 Å². The largest absolute Gasteiger partial charge is 0.322 e. The standard InChI is InChI=1S/C18H19N3O/c1-11(2)13-9-6-10-14-15(12-7-4-3-5-8-12)20-17(19)18(22)21-16(13)14/h3-11,17H,19H2,1-2H3,(H,21,22). The van der Waals surface area contributed by atoms with E-state index in [1.54, 1.807) is 0 Å². The van der Waals surface area contributed by atoms with Crippen LogP contribution in [-0.2, 0) is 4.79 Å². The first-order valence-corrected chi connectivity index (χ1v) is 7.41. The van der Waals surface area contributed by atoms with Gasteiger partial charge in [0.15, 0.2) is 6.17 Å². The molecule has 0 bridgehead atoms. The van der Waals surface area contributed by atoms with E-state index < -0.39 is 6.17 Å². The Morgan fingerprint density at radius 3 is 2.50 bits per heavy atom. The number of anilines is 1. The maximum atomic E-state index is 12.2. The fourth-order valence-corrected chi connectivity index (χ4v) is 2.68. The second-order valence-corrected chi connectivity index (χ2v) is 5.70. The van der Waals surface area contributed by atoms with Gasteiger partial charge in [-0.2, -0.15) is 0 Å². The summed E-state index contributed by atoms with van der Waals surface area (Å²) >= 11 is 0. The lowest BCUT2D eigenvalue weighted by Crippen LogP contribution is -2.33. The van der Waals surface area contributed by atoms with Gasteiger partial charge in [-0.15, -0.1) is 0 Å². The number of carbonyl (C=O) groups excluding carboxylic acids is 1. The third-order valence-electron chi connectivity index (χ3n) is 3.81. The number of rotatable bonds is 2. The predicted octanol–water partition coefficient (Wildman–Crippen LogP) is 2.88. The Hall–Kier alpha value is -2.46. The Balaban J connectivity index is 2.25. The number of amides is 1. The Labute approximate surface area is 130 Å². The van der Waals surface area contributed by atoms with Gasteiger partial charge in [0, 0.05) is 11.1 Å². The molecule has 0 aliphatic carbocycles. The van der Waals surface area contributed by atoms with E-state index in [4.69, 9.17) is 5.73 Å². The summed E-state index contributed by atoms with van der Waals surface area (Å²) in [6, 6.07) is 15.8. The van der Waals surface area contributed by atoms with Crippen molar-refractivity contribution in [2.24, 2.45) is 10.7 Å². The van der Waals surface area contributed by atoms with Gasteiger partial charge in [-0.25, -0.2) is 0 Å². The van der Waals surface area contributed by atoms with Gasteiger partial charge in [-0.05, 0) is 11.5 Å². The number of carbonyl (C=O) groups is 1. The average molecular weight is 293 g/mol. The van der Waals surface area contributed by atoms with Crippen molar-refractivity contribution in [1.82, 2.24) is 0 Å². The van der Waals surface area contributed by atoms with Gasteiger partial charge in [-0.1, -0.05) is 62.4 Å². The summed E-state index contributed by atoms with van der Waals surface area (Å²) in [5, 5.41) is 2.94. The lowest BCUT2D eigenvalue weighted by Gasteiger charge is -2.17. The SMILES string of the molecule is CC(C)c1cccc2c1NC(=O)C(N)N=C2c1ccccc1. The van der Waals surface area contributed by atoms with Crippen LogP contribution >= 0.6 is 0 Å². The highest BCUT2D eigenvalue weighted by atomic mass is 16.2. The lowest BCUT2D eigenvalue weighted by molar-refractivity contribution is -0.117. The molecule has 0 saturated carbocycles. The summed E-state index contributed by atoms with van der Waals surface area (Å²) in [6.07, 6.45) is -0.900. The van der Waals surface area contributed by atoms with Gasteiger partial charge in [0.1, 0.15) is 0 Å². The fraction of sp³-hybridized carbons (Fsp3) is 0.222. The van der Waals surface area contributed by atoms with Gasteiger partial charge in [0.2, 0.25) is 0 Å². The zero-order valence-corrected chi connectivity index (χ0v) is 12.7. The van der Waals surface area contributed by atoms with Gasteiger partial charge in [-0.3, -0.25) is 9.79 Å². The van der Waals surface area contributed by atoms with Gasteiger partial charge >= 0.3 is 0 Å². The number of benzene rings is 2. The second-order valence-electron chi connectivity index (χ2n) is 5.70. The maximum Gasteiger partial charge on any atom is 0.263 e. The molecule has 0 saturated heterocycles. The Kier molecular flexibility index (Phi) is 3.77. The summed E-state index contributed by atoms with van der Waals surface area (Å²) in [7, 11) is 0. The highest BCUT2D eigenvalue weighted by molar-refractivity contribution is 6.20. The summed E-state index contributed by atoms with van der Waals surface area (Å²) in [6.45, 7) is 4.21. The first kappa shape index (κ1) is 14.5. The number of hydrogen-bond acceptors (Lipinski definition) is 3. The van der Waals surface area contributed by atoms with E-state index in [1.807, 2.05) is 48.5 Å². The molecular weight excluding hydrogens is 274 g/mol. The first-order chi connectivity index (χ1) is 10.6. The highest BCUT2D eigenvalue weighted by Crippen LogP contribution is 2.31. The molecule has 22 heavy (non-hydrogen) atoms. The van der Waals surface area contributed by atoms with Crippen LogP contribution in [0.1, 0.15) is 36.5 Å². The Morgan fingerprint density at radius 2 is 1.82 bits per heavy atom. The van der Waals surface area contributed by atoms with Crippen LogP contribution in [-0.4, -0.2) is 17.8 Å². The number of hydrogen-bond donors (Lipinski definition) is 2. The minimum atomic E-state index is -0.900. The zero-order valence-electron chi connectivity index (χ0n) is 12.7. The number of nitrogens with two attached hydrogens (primary N) is 1. The molecule has 2 aromatic carbocycles. The van der Waals surface area contributed by atoms with E-state index in [-0.39, 0.29) is 5.91 Å². The number of nitrogens with zero attached hydrogens (tertiary/aromatic N) is 1. The molecule has 1 aliphatic heterocycles. The van der Waals surface area contributed by atoms with Crippen molar-refractivity contribution in [3.63, 3.8) is 0 Å². The van der Waals surface area contributed by atoms with Crippen molar-refractivity contribution < 1.29 is 4.79 Å². The average Bonchev–Trinajstić information content (AvgIpc) is 2.65. The monoisotopic (exact) mass is 293 g/mol. The molecule has 4 heteroatoms. The van der Waals surface area contributed by atoms with E-state index in [1.165, 1.54) is 0 Å². The van der Waals surface area contributed by atoms with E-state index in [2.05, 4.69) is 24.2 Å². The molecule has 1 amide bonds. The predicted molar refractivity (Wildman–Crippen MR) is 89.2 cm³/mol.